The maximum absolute atomic E-state index is 4.76. The van der Waals surface area contributed by atoms with E-state index in [4.69, 9.17) is 4.98 Å². The number of rotatable bonds is 6. The van der Waals surface area contributed by atoms with Crippen LogP contribution in [0.2, 0.25) is 0 Å². The maximum atomic E-state index is 4.76. The number of aryl methyl sites for hydroxylation is 1. The zero-order valence-electron chi connectivity index (χ0n) is 14.7. The maximum Gasteiger partial charge on any atom is 0.191 e. The lowest BCUT2D eigenvalue weighted by molar-refractivity contribution is 0.789. The van der Waals surface area contributed by atoms with Crippen molar-refractivity contribution in [3.05, 3.63) is 33.0 Å². The van der Waals surface area contributed by atoms with Crippen molar-refractivity contribution in [2.45, 2.75) is 32.7 Å². The number of guanidine groups is 1. The molecule has 0 unspecified atom stereocenters. The van der Waals surface area contributed by atoms with Gasteiger partial charge >= 0.3 is 0 Å². The van der Waals surface area contributed by atoms with E-state index in [9.17, 15) is 0 Å². The zero-order chi connectivity index (χ0) is 16.8. The molecule has 2 aromatic rings. The molecule has 0 atom stereocenters. The van der Waals surface area contributed by atoms with Crippen LogP contribution >= 0.6 is 46.7 Å². The van der Waals surface area contributed by atoms with Gasteiger partial charge in [-0.25, -0.2) is 4.98 Å². The minimum absolute atomic E-state index is 0. The fourth-order valence-electron chi connectivity index (χ4n) is 2.75. The lowest BCUT2D eigenvalue weighted by Gasteiger charge is -2.12. The van der Waals surface area contributed by atoms with Crippen molar-refractivity contribution >= 4 is 57.7 Å². The molecule has 0 amide bonds. The number of aromatic nitrogens is 1. The van der Waals surface area contributed by atoms with E-state index in [0.29, 0.717) is 0 Å². The molecule has 3 rings (SSSR count). The fraction of sp³-hybridized carbons (Fsp3) is 0.529. The van der Waals surface area contributed by atoms with Gasteiger partial charge in [0.05, 0.1) is 12.2 Å². The number of halogens is 1. The molecule has 0 bridgehead atoms. The van der Waals surface area contributed by atoms with E-state index in [2.05, 4.69) is 45.0 Å². The van der Waals surface area contributed by atoms with Gasteiger partial charge in [0.15, 0.2) is 11.1 Å². The van der Waals surface area contributed by atoms with Crippen molar-refractivity contribution in [1.82, 2.24) is 15.6 Å². The summed E-state index contributed by atoms with van der Waals surface area (Å²) in [5.41, 5.74) is 1.17. The molecule has 3 heterocycles. The third-order valence-electron chi connectivity index (χ3n) is 4.04. The number of nitrogens with one attached hydrogen (secondary N) is 2. The summed E-state index contributed by atoms with van der Waals surface area (Å²) in [6.07, 6.45) is 3.51. The van der Waals surface area contributed by atoms with E-state index in [1.165, 1.54) is 33.4 Å². The van der Waals surface area contributed by atoms with E-state index < -0.39 is 0 Å². The number of thiazole rings is 1. The molecular weight excluding hydrogens is 465 g/mol. The number of hydrogen-bond donors (Lipinski definition) is 2. The molecule has 138 valence electrons. The van der Waals surface area contributed by atoms with Crippen LogP contribution in [0, 0.1) is 6.92 Å². The summed E-state index contributed by atoms with van der Waals surface area (Å²) in [7, 11) is 1.81. The molecule has 0 spiro atoms. The molecule has 0 aliphatic carbocycles. The van der Waals surface area contributed by atoms with Crippen LogP contribution in [-0.4, -0.2) is 37.6 Å². The van der Waals surface area contributed by atoms with E-state index in [-0.39, 0.29) is 24.0 Å². The van der Waals surface area contributed by atoms with Gasteiger partial charge in [-0.15, -0.1) is 46.7 Å². The highest BCUT2D eigenvalue weighted by Crippen LogP contribution is 2.24. The van der Waals surface area contributed by atoms with Gasteiger partial charge in [0, 0.05) is 48.2 Å². The largest absolute Gasteiger partial charge is 0.356 e. The smallest absolute Gasteiger partial charge is 0.191 e. The average Bonchev–Trinajstić information content (AvgIpc) is 3.32. The Bertz CT molecular complexity index is 676. The van der Waals surface area contributed by atoms with E-state index in [0.717, 1.165) is 38.6 Å². The molecule has 25 heavy (non-hydrogen) atoms. The molecule has 1 fully saturated rings. The van der Waals surface area contributed by atoms with Gasteiger partial charge in [0.25, 0.3) is 0 Å². The molecule has 0 saturated carbocycles. The van der Waals surface area contributed by atoms with Crippen molar-refractivity contribution in [3.8, 4) is 0 Å². The minimum Gasteiger partial charge on any atom is -0.356 e. The Hall–Kier alpha value is -0.870. The number of nitrogens with zero attached hydrogens (tertiary/aromatic N) is 3. The predicted octanol–water partition coefficient (Wildman–Crippen LogP) is 3.64. The number of thiophene rings is 1. The predicted molar refractivity (Wildman–Crippen MR) is 120 cm³/mol. The van der Waals surface area contributed by atoms with Gasteiger partial charge in [-0.2, -0.15) is 0 Å². The van der Waals surface area contributed by atoms with Gasteiger partial charge in [0.1, 0.15) is 0 Å². The fourth-order valence-corrected chi connectivity index (χ4v) is 4.49. The second-order valence-electron chi connectivity index (χ2n) is 5.93. The number of anilines is 1. The Morgan fingerprint density at radius 3 is 2.76 bits per heavy atom. The Morgan fingerprint density at radius 2 is 2.08 bits per heavy atom. The van der Waals surface area contributed by atoms with Gasteiger partial charge in [-0.05, 0) is 31.9 Å². The summed E-state index contributed by atoms with van der Waals surface area (Å²) in [6.45, 7) is 6.10. The van der Waals surface area contributed by atoms with Crippen LogP contribution in [0.5, 0.6) is 0 Å². The summed E-state index contributed by atoms with van der Waals surface area (Å²) in [4.78, 5) is 14.1. The summed E-state index contributed by atoms with van der Waals surface area (Å²) in [5, 5.41) is 10.1. The number of aliphatic imine (C=N–C) groups is 1. The Balaban J connectivity index is 0.00000225. The van der Waals surface area contributed by atoms with E-state index >= 15 is 0 Å². The van der Waals surface area contributed by atoms with Crippen molar-refractivity contribution in [1.29, 1.82) is 0 Å². The Labute approximate surface area is 175 Å². The van der Waals surface area contributed by atoms with Gasteiger partial charge in [0.2, 0.25) is 0 Å². The van der Waals surface area contributed by atoms with Crippen LogP contribution in [0.1, 0.15) is 28.3 Å². The molecule has 2 N–H and O–H groups in total. The molecule has 2 aromatic heterocycles. The van der Waals surface area contributed by atoms with Crippen molar-refractivity contribution in [2.24, 2.45) is 4.99 Å². The zero-order valence-corrected chi connectivity index (χ0v) is 18.7. The molecule has 8 heteroatoms. The molecular formula is C17H26IN5S2. The second kappa shape index (κ2) is 10.3. The van der Waals surface area contributed by atoms with Crippen molar-refractivity contribution in [3.63, 3.8) is 0 Å². The normalized spacial score (nSPS) is 14.5. The third kappa shape index (κ3) is 6.10. The van der Waals surface area contributed by atoms with Crippen LogP contribution in [0.4, 0.5) is 5.13 Å². The molecule has 0 radical (unpaired) electrons. The average molecular weight is 491 g/mol. The summed E-state index contributed by atoms with van der Waals surface area (Å²) in [5.74, 6) is 0.844. The highest BCUT2D eigenvalue weighted by Gasteiger charge is 2.15. The quantitative estimate of drug-likeness (QED) is 0.368. The lowest BCUT2D eigenvalue weighted by atomic mass is 10.3. The van der Waals surface area contributed by atoms with Crippen LogP contribution in [0.15, 0.2) is 22.5 Å². The monoisotopic (exact) mass is 491 g/mol. The Kier molecular flexibility index (Phi) is 8.44. The van der Waals surface area contributed by atoms with E-state index in [1.54, 1.807) is 11.3 Å². The highest BCUT2D eigenvalue weighted by molar-refractivity contribution is 14.0. The SMILES string of the molecule is CN=C(NCCc1csc(N2CCCC2)n1)NCc1ccc(C)s1.I. The molecule has 0 aromatic carbocycles. The third-order valence-corrected chi connectivity index (χ3v) is 5.99. The summed E-state index contributed by atoms with van der Waals surface area (Å²) < 4.78 is 0. The molecule has 1 aliphatic rings. The van der Waals surface area contributed by atoms with Crippen LogP contribution in [0.25, 0.3) is 0 Å². The van der Waals surface area contributed by atoms with Crippen LogP contribution in [-0.2, 0) is 13.0 Å². The van der Waals surface area contributed by atoms with Crippen LogP contribution < -0.4 is 15.5 Å². The first-order chi connectivity index (χ1) is 11.7. The first kappa shape index (κ1) is 20.4. The first-order valence-corrected chi connectivity index (χ1v) is 10.1. The molecule has 1 saturated heterocycles. The minimum atomic E-state index is 0. The topological polar surface area (TPSA) is 52.6 Å². The summed E-state index contributed by atoms with van der Waals surface area (Å²) >= 11 is 3.58. The van der Waals surface area contributed by atoms with Gasteiger partial charge in [-0.1, -0.05) is 0 Å². The van der Waals surface area contributed by atoms with Crippen molar-refractivity contribution in [2.75, 3.05) is 31.6 Å². The Morgan fingerprint density at radius 1 is 1.28 bits per heavy atom. The molecule has 5 nitrogen and oxygen atoms in total. The van der Waals surface area contributed by atoms with Gasteiger partial charge in [-0.3, -0.25) is 4.99 Å². The second-order valence-corrected chi connectivity index (χ2v) is 8.14. The standard InChI is InChI=1S/C17H25N5S2.HI/c1-13-5-6-15(24-13)11-20-16(18-2)19-8-7-14-12-23-17(21-14)22-9-3-4-10-22;/h5-6,12H,3-4,7-11H2,1-2H3,(H2,18,19,20);1H. The van der Waals surface area contributed by atoms with E-state index in [1.807, 2.05) is 18.4 Å². The number of hydrogen-bond acceptors (Lipinski definition) is 5. The summed E-state index contributed by atoms with van der Waals surface area (Å²) in [6, 6.07) is 4.31. The van der Waals surface area contributed by atoms with Gasteiger partial charge < -0.3 is 15.5 Å². The molecule has 1 aliphatic heterocycles. The lowest BCUT2D eigenvalue weighted by Crippen LogP contribution is -2.37. The van der Waals surface area contributed by atoms with Crippen molar-refractivity contribution < 1.29 is 0 Å². The first-order valence-electron chi connectivity index (χ1n) is 8.44. The highest BCUT2D eigenvalue weighted by atomic mass is 127. The van der Waals surface area contributed by atoms with Crippen LogP contribution in [0.3, 0.4) is 0 Å².